The van der Waals surface area contributed by atoms with Crippen molar-refractivity contribution >= 4 is 22.8 Å². The molecule has 9 heteroatoms. The fourth-order valence-electron chi connectivity index (χ4n) is 3.15. The molecule has 0 aliphatic rings. The summed E-state index contributed by atoms with van der Waals surface area (Å²) in [4.78, 5) is 17.3. The summed E-state index contributed by atoms with van der Waals surface area (Å²) in [6, 6.07) is 10.0. The van der Waals surface area contributed by atoms with Crippen molar-refractivity contribution in [2.45, 2.75) is 26.5 Å². The second-order valence-corrected chi connectivity index (χ2v) is 6.76. The number of ether oxygens (including phenoxy) is 1. The van der Waals surface area contributed by atoms with Gasteiger partial charge in [0.25, 0.3) is 0 Å². The van der Waals surface area contributed by atoms with Gasteiger partial charge >= 0.3 is 0 Å². The molecule has 0 aliphatic heterocycles. The fraction of sp³-hybridized carbons (Fsp3) is 0.200. The number of hydrogen-bond donors (Lipinski definition) is 2. The van der Waals surface area contributed by atoms with Crippen molar-refractivity contribution in [3.8, 4) is 17.1 Å². The standard InChI is InChI=1S/C20H20FN7O/c1-11(29-19-6-3-14(21)9-24-19)10-28-12(2)25-16-5-4-15(26-20(16)28)13-7-17(22)27-18(23)8-13/h3-9,11H,10H2,1-2H3,(H4,22,23,27)/t11-/m1/s1. The van der Waals surface area contributed by atoms with E-state index < -0.39 is 5.82 Å². The van der Waals surface area contributed by atoms with E-state index in [-0.39, 0.29) is 6.10 Å². The van der Waals surface area contributed by atoms with Crippen LogP contribution in [0.15, 0.2) is 42.6 Å². The third-order valence-electron chi connectivity index (χ3n) is 4.41. The van der Waals surface area contributed by atoms with Crippen molar-refractivity contribution in [3.63, 3.8) is 0 Å². The van der Waals surface area contributed by atoms with Gasteiger partial charge in [-0.2, -0.15) is 0 Å². The number of pyridine rings is 3. The molecule has 4 aromatic heterocycles. The number of fused-ring (bicyclic) bond motifs is 1. The van der Waals surface area contributed by atoms with Crippen LogP contribution in [-0.2, 0) is 6.54 Å². The zero-order chi connectivity index (χ0) is 20.5. The van der Waals surface area contributed by atoms with Crippen LogP contribution in [0.25, 0.3) is 22.4 Å². The van der Waals surface area contributed by atoms with E-state index in [0.717, 1.165) is 28.7 Å². The van der Waals surface area contributed by atoms with Crippen LogP contribution in [0, 0.1) is 12.7 Å². The third kappa shape index (κ3) is 3.93. The highest BCUT2D eigenvalue weighted by Gasteiger charge is 2.15. The van der Waals surface area contributed by atoms with Gasteiger partial charge in [0.05, 0.1) is 18.4 Å². The summed E-state index contributed by atoms with van der Waals surface area (Å²) < 4.78 is 20.8. The van der Waals surface area contributed by atoms with Crippen LogP contribution < -0.4 is 16.2 Å². The van der Waals surface area contributed by atoms with Gasteiger partial charge < -0.3 is 20.8 Å². The minimum atomic E-state index is -0.407. The quantitative estimate of drug-likeness (QED) is 0.535. The lowest BCUT2D eigenvalue weighted by Gasteiger charge is -2.16. The van der Waals surface area contributed by atoms with Crippen molar-refractivity contribution in [1.82, 2.24) is 24.5 Å². The number of hydrogen-bond acceptors (Lipinski definition) is 7. The van der Waals surface area contributed by atoms with Gasteiger partial charge in [-0.15, -0.1) is 0 Å². The lowest BCUT2D eigenvalue weighted by Crippen LogP contribution is -2.21. The van der Waals surface area contributed by atoms with Crippen LogP contribution >= 0.6 is 0 Å². The van der Waals surface area contributed by atoms with E-state index >= 15 is 0 Å². The summed E-state index contributed by atoms with van der Waals surface area (Å²) in [5, 5.41) is 0. The first-order valence-corrected chi connectivity index (χ1v) is 9.04. The molecule has 4 rings (SSSR count). The number of aryl methyl sites for hydroxylation is 1. The van der Waals surface area contributed by atoms with Crippen LogP contribution in [0.1, 0.15) is 12.7 Å². The highest BCUT2D eigenvalue weighted by Crippen LogP contribution is 2.24. The van der Waals surface area contributed by atoms with E-state index in [1.165, 1.54) is 12.1 Å². The largest absolute Gasteiger partial charge is 0.473 e. The van der Waals surface area contributed by atoms with Crippen molar-refractivity contribution in [2.75, 3.05) is 11.5 Å². The normalized spacial score (nSPS) is 12.2. The molecule has 0 spiro atoms. The number of halogens is 1. The summed E-state index contributed by atoms with van der Waals surface area (Å²) >= 11 is 0. The van der Waals surface area contributed by atoms with Crippen molar-refractivity contribution in [3.05, 3.63) is 54.2 Å². The maximum atomic E-state index is 13.0. The predicted molar refractivity (Wildman–Crippen MR) is 109 cm³/mol. The number of rotatable bonds is 5. The van der Waals surface area contributed by atoms with Gasteiger partial charge in [-0.1, -0.05) is 0 Å². The van der Waals surface area contributed by atoms with Crippen LogP contribution in [0.4, 0.5) is 16.0 Å². The fourth-order valence-corrected chi connectivity index (χ4v) is 3.15. The molecule has 0 aromatic carbocycles. The molecule has 0 saturated carbocycles. The molecule has 29 heavy (non-hydrogen) atoms. The summed E-state index contributed by atoms with van der Waals surface area (Å²) in [6.07, 6.45) is 0.890. The second kappa shape index (κ2) is 7.34. The molecule has 4 heterocycles. The molecular formula is C20H20FN7O. The average Bonchev–Trinajstić information content (AvgIpc) is 2.97. The number of nitrogens with two attached hydrogens (primary N) is 2. The van der Waals surface area contributed by atoms with Crippen molar-refractivity contribution in [2.24, 2.45) is 0 Å². The number of imidazole rings is 1. The molecule has 0 radical (unpaired) electrons. The van der Waals surface area contributed by atoms with E-state index in [2.05, 4.69) is 15.0 Å². The van der Waals surface area contributed by atoms with Crippen LogP contribution in [0.3, 0.4) is 0 Å². The van der Waals surface area contributed by atoms with E-state index in [0.29, 0.717) is 29.8 Å². The Morgan fingerprint density at radius 2 is 1.83 bits per heavy atom. The molecule has 0 unspecified atom stereocenters. The smallest absolute Gasteiger partial charge is 0.213 e. The molecule has 0 bridgehead atoms. The number of nitrogen functional groups attached to an aromatic ring is 2. The van der Waals surface area contributed by atoms with Gasteiger partial charge in [0.2, 0.25) is 5.88 Å². The highest BCUT2D eigenvalue weighted by molar-refractivity contribution is 5.77. The first-order valence-electron chi connectivity index (χ1n) is 9.04. The number of nitrogens with zero attached hydrogens (tertiary/aromatic N) is 5. The van der Waals surface area contributed by atoms with Gasteiger partial charge in [0.15, 0.2) is 5.65 Å². The maximum absolute atomic E-state index is 13.0. The zero-order valence-electron chi connectivity index (χ0n) is 16.0. The number of aromatic nitrogens is 5. The van der Waals surface area contributed by atoms with Gasteiger partial charge in [0.1, 0.15) is 34.9 Å². The molecule has 0 saturated heterocycles. The van der Waals surface area contributed by atoms with E-state index in [1.807, 2.05) is 30.5 Å². The second-order valence-electron chi connectivity index (χ2n) is 6.76. The lowest BCUT2D eigenvalue weighted by molar-refractivity contribution is 0.191. The van der Waals surface area contributed by atoms with Gasteiger partial charge in [0, 0.05) is 11.6 Å². The van der Waals surface area contributed by atoms with Gasteiger partial charge in [-0.25, -0.2) is 24.3 Å². The summed E-state index contributed by atoms with van der Waals surface area (Å²) in [5.74, 6) is 1.43. The Kier molecular flexibility index (Phi) is 4.71. The molecule has 0 amide bonds. The lowest BCUT2D eigenvalue weighted by atomic mass is 10.1. The highest BCUT2D eigenvalue weighted by atomic mass is 19.1. The monoisotopic (exact) mass is 393 g/mol. The molecule has 1 atom stereocenters. The molecule has 4 aromatic rings. The third-order valence-corrected chi connectivity index (χ3v) is 4.41. The molecular weight excluding hydrogens is 373 g/mol. The van der Waals surface area contributed by atoms with Crippen molar-refractivity contribution < 1.29 is 9.13 Å². The molecule has 148 valence electrons. The SMILES string of the molecule is Cc1nc2ccc(-c3cc(N)nc(N)c3)nc2n1C[C@@H](C)Oc1ccc(F)cn1. The Bertz CT molecular complexity index is 1150. The van der Waals surface area contributed by atoms with Crippen LogP contribution in [-0.4, -0.2) is 30.6 Å². The maximum Gasteiger partial charge on any atom is 0.213 e. The molecule has 0 fully saturated rings. The minimum absolute atomic E-state index is 0.235. The van der Waals surface area contributed by atoms with E-state index in [1.54, 1.807) is 12.1 Å². The van der Waals surface area contributed by atoms with Gasteiger partial charge in [-0.05, 0) is 44.2 Å². The predicted octanol–water partition coefficient (Wildman–Crippen LogP) is 2.97. The summed E-state index contributed by atoms with van der Waals surface area (Å²) in [6.45, 7) is 4.32. The first-order chi connectivity index (χ1) is 13.9. The molecule has 4 N–H and O–H groups in total. The van der Waals surface area contributed by atoms with Crippen molar-refractivity contribution in [1.29, 1.82) is 0 Å². The Morgan fingerprint density at radius 1 is 1.07 bits per heavy atom. The zero-order valence-corrected chi connectivity index (χ0v) is 16.0. The minimum Gasteiger partial charge on any atom is -0.473 e. The number of anilines is 2. The Morgan fingerprint density at radius 3 is 2.52 bits per heavy atom. The Hall–Kier alpha value is -3.75. The summed E-state index contributed by atoms with van der Waals surface area (Å²) in [5.41, 5.74) is 14.6. The Balaban J connectivity index is 1.65. The van der Waals surface area contributed by atoms with Crippen LogP contribution in [0.5, 0.6) is 5.88 Å². The average molecular weight is 393 g/mol. The first kappa shape index (κ1) is 18.6. The summed E-state index contributed by atoms with van der Waals surface area (Å²) in [7, 11) is 0. The topological polar surface area (TPSA) is 118 Å². The van der Waals surface area contributed by atoms with E-state index in [9.17, 15) is 4.39 Å². The van der Waals surface area contributed by atoms with E-state index in [4.69, 9.17) is 21.2 Å². The molecule has 8 nitrogen and oxygen atoms in total. The van der Waals surface area contributed by atoms with Gasteiger partial charge in [-0.3, -0.25) is 0 Å². The molecule has 0 aliphatic carbocycles. The van der Waals surface area contributed by atoms with Crippen LogP contribution in [0.2, 0.25) is 0 Å². The Labute approximate surface area is 166 Å².